The van der Waals surface area contributed by atoms with Crippen LogP contribution in [-0.4, -0.2) is 68.8 Å². The van der Waals surface area contributed by atoms with Crippen LogP contribution >= 0.6 is 0 Å². The Hall–Kier alpha value is -1.14. The molecule has 2 rings (SSSR count). The highest BCUT2D eigenvalue weighted by Gasteiger charge is 2.24. The second kappa shape index (κ2) is 8.48. The molecule has 0 unspecified atom stereocenters. The van der Waals surface area contributed by atoms with Gasteiger partial charge >= 0.3 is 0 Å². The Morgan fingerprint density at radius 3 is 2.27 bits per heavy atom. The predicted molar refractivity (Wildman–Crippen MR) is 85.6 cm³/mol. The minimum atomic E-state index is -0.437. The zero-order valence-corrected chi connectivity index (χ0v) is 13.8. The van der Waals surface area contributed by atoms with E-state index in [-0.39, 0.29) is 6.61 Å². The number of piperazine rings is 1. The van der Waals surface area contributed by atoms with E-state index in [0.29, 0.717) is 6.61 Å². The molecule has 124 valence electrons. The Balaban J connectivity index is 1.73. The number of hydrogen-bond acceptors (Lipinski definition) is 3. The van der Waals surface area contributed by atoms with Crippen LogP contribution in [0.5, 0.6) is 5.75 Å². The van der Waals surface area contributed by atoms with Crippen LogP contribution in [0.3, 0.4) is 0 Å². The molecule has 0 spiro atoms. The van der Waals surface area contributed by atoms with Crippen LogP contribution in [-0.2, 0) is 0 Å². The fourth-order valence-electron chi connectivity index (χ4n) is 3.17. The normalized spacial score (nSPS) is 23.3. The smallest absolute Gasteiger partial charge is 0.137 e. The summed E-state index contributed by atoms with van der Waals surface area (Å²) in [6.45, 7) is 10.5. The van der Waals surface area contributed by atoms with Crippen molar-refractivity contribution in [2.45, 2.75) is 20.0 Å². The molecule has 1 atom stereocenters. The third kappa shape index (κ3) is 4.95. The van der Waals surface area contributed by atoms with Gasteiger partial charge in [0.15, 0.2) is 0 Å². The van der Waals surface area contributed by atoms with Gasteiger partial charge in [0.1, 0.15) is 57.7 Å². The largest absolute Gasteiger partial charge is 0.490 e. The second-order valence-corrected chi connectivity index (χ2v) is 6.36. The maximum absolute atomic E-state index is 10.2. The van der Waals surface area contributed by atoms with Crippen LogP contribution in [0.25, 0.3) is 0 Å². The molecule has 5 heteroatoms. The lowest BCUT2D eigenvalue weighted by molar-refractivity contribution is -1.01. The lowest BCUT2D eigenvalue weighted by atomic mass is 10.1. The number of ether oxygens (including phenoxy) is 1. The average Bonchev–Trinajstić information content (AvgIpc) is 2.49. The molecule has 22 heavy (non-hydrogen) atoms. The SMILES string of the molecule is Cc1cccc(C)c1OC[C@@H](O)C[NH+]1CC[NH+](CCO)CC1. The van der Waals surface area contributed by atoms with Crippen molar-refractivity contribution >= 4 is 0 Å². The minimum Gasteiger partial charge on any atom is -0.490 e. The van der Waals surface area contributed by atoms with Crippen LogP contribution in [0, 0.1) is 13.8 Å². The Kier molecular flexibility index (Phi) is 6.64. The molecular weight excluding hydrogens is 280 g/mol. The van der Waals surface area contributed by atoms with Gasteiger partial charge in [0, 0.05) is 0 Å². The van der Waals surface area contributed by atoms with E-state index < -0.39 is 6.10 Å². The van der Waals surface area contributed by atoms with Crippen molar-refractivity contribution in [3.05, 3.63) is 29.3 Å². The Labute approximate surface area is 133 Å². The first-order valence-corrected chi connectivity index (χ1v) is 8.25. The van der Waals surface area contributed by atoms with E-state index in [2.05, 4.69) is 0 Å². The lowest BCUT2D eigenvalue weighted by Gasteiger charge is -2.30. The van der Waals surface area contributed by atoms with Gasteiger partial charge in [-0.25, -0.2) is 0 Å². The average molecular weight is 310 g/mol. The lowest BCUT2D eigenvalue weighted by Crippen LogP contribution is -3.28. The highest BCUT2D eigenvalue weighted by molar-refractivity contribution is 5.39. The highest BCUT2D eigenvalue weighted by atomic mass is 16.5. The summed E-state index contributed by atoms with van der Waals surface area (Å²) in [6.07, 6.45) is -0.437. The molecule has 0 amide bonds. The van der Waals surface area contributed by atoms with E-state index in [4.69, 9.17) is 9.84 Å². The molecule has 1 aliphatic heterocycles. The fourth-order valence-corrected chi connectivity index (χ4v) is 3.17. The van der Waals surface area contributed by atoms with Crippen LogP contribution < -0.4 is 14.5 Å². The van der Waals surface area contributed by atoms with Crippen molar-refractivity contribution in [2.75, 3.05) is 52.5 Å². The van der Waals surface area contributed by atoms with Crippen molar-refractivity contribution in [3.8, 4) is 5.75 Å². The third-order valence-corrected chi connectivity index (χ3v) is 4.48. The molecular formula is C17H30N2O3+2. The summed E-state index contributed by atoms with van der Waals surface area (Å²) >= 11 is 0. The first-order chi connectivity index (χ1) is 10.6. The number of benzene rings is 1. The molecule has 0 radical (unpaired) electrons. The van der Waals surface area contributed by atoms with Gasteiger partial charge in [0.25, 0.3) is 0 Å². The summed E-state index contributed by atoms with van der Waals surface area (Å²) in [7, 11) is 0. The van der Waals surface area contributed by atoms with Crippen molar-refractivity contribution in [3.63, 3.8) is 0 Å². The van der Waals surface area contributed by atoms with Crippen molar-refractivity contribution in [1.82, 2.24) is 0 Å². The van der Waals surface area contributed by atoms with E-state index >= 15 is 0 Å². The Morgan fingerprint density at radius 2 is 1.68 bits per heavy atom. The molecule has 5 nitrogen and oxygen atoms in total. The maximum Gasteiger partial charge on any atom is 0.137 e. The molecule has 1 aliphatic rings. The van der Waals surface area contributed by atoms with E-state index in [1.165, 1.54) is 9.80 Å². The number of para-hydroxylation sites is 1. The van der Waals surface area contributed by atoms with Crippen LogP contribution in [0.1, 0.15) is 11.1 Å². The molecule has 1 heterocycles. The molecule has 1 saturated heterocycles. The monoisotopic (exact) mass is 310 g/mol. The number of hydrogen-bond donors (Lipinski definition) is 4. The van der Waals surface area contributed by atoms with Gasteiger partial charge in [-0.2, -0.15) is 0 Å². The Bertz CT molecular complexity index is 439. The molecule has 1 aromatic carbocycles. The first-order valence-electron chi connectivity index (χ1n) is 8.25. The molecule has 4 N–H and O–H groups in total. The quantitative estimate of drug-likeness (QED) is 0.463. The summed E-state index contributed by atoms with van der Waals surface area (Å²) in [5.41, 5.74) is 2.22. The number of quaternary nitrogens is 2. The molecule has 0 saturated carbocycles. The maximum atomic E-state index is 10.2. The van der Waals surface area contributed by atoms with Gasteiger partial charge in [-0.3, -0.25) is 0 Å². The number of aliphatic hydroxyl groups excluding tert-OH is 2. The van der Waals surface area contributed by atoms with Crippen LogP contribution in [0.2, 0.25) is 0 Å². The highest BCUT2D eigenvalue weighted by Crippen LogP contribution is 2.22. The zero-order chi connectivity index (χ0) is 15.9. The van der Waals surface area contributed by atoms with Crippen LogP contribution in [0.15, 0.2) is 18.2 Å². The van der Waals surface area contributed by atoms with E-state index in [0.717, 1.165) is 56.1 Å². The summed E-state index contributed by atoms with van der Waals surface area (Å²) in [5, 5.41) is 19.2. The third-order valence-electron chi connectivity index (χ3n) is 4.48. The minimum absolute atomic E-state index is 0.261. The number of aliphatic hydroxyl groups is 2. The summed E-state index contributed by atoms with van der Waals surface area (Å²) in [4.78, 5) is 2.90. The van der Waals surface area contributed by atoms with Crippen molar-refractivity contribution < 1.29 is 24.7 Å². The molecule has 0 aromatic heterocycles. The fraction of sp³-hybridized carbons (Fsp3) is 0.647. The molecule has 0 bridgehead atoms. The summed E-state index contributed by atoms with van der Waals surface area (Å²) in [6, 6.07) is 6.08. The number of aryl methyl sites for hydroxylation is 2. The van der Waals surface area contributed by atoms with Gasteiger partial charge in [0.05, 0.1) is 6.61 Å². The van der Waals surface area contributed by atoms with Gasteiger partial charge < -0.3 is 24.7 Å². The van der Waals surface area contributed by atoms with E-state index in [9.17, 15) is 5.11 Å². The van der Waals surface area contributed by atoms with E-state index in [1.807, 2.05) is 32.0 Å². The summed E-state index contributed by atoms with van der Waals surface area (Å²) in [5.74, 6) is 0.897. The summed E-state index contributed by atoms with van der Waals surface area (Å²) < 4.78 is 5.83. The van der Waals surface area contributed by atoms with Crippen LogP contribution in [0.4, 0.5) is 0 Å². The first kappa shape index (κ1) is 17.2. The van der Waals surface area contributed by atoms with Crippen molar-refractivity contribution in [2.24, 2.45) is 0 Å². The van der Waals surface area contributed by atoms with E-state index in [1.54, 1.807) is 0 Å². The predicted octanol–water partition coefficient (Wildman–Crippen LogP) is -2.18. The van der Waals surface area contributed by atoms with Gasteiger partial charge in [0.2, 0.25) is 0 Å². The molecule has 1 aromatic rings. The van der Waals surface area contributed by atoms with Gasteiger partial charge in [-0.1, -0.05) is 18.2 Å². The van der Waals surface area contributed by atoms with Crippen molar-refractivity contribution in [1.29, 1.82) is 0 Å². The topological polar surface area (TPSA) is 58.6 Å². The Morgan fingerprint density at radius 1 is 1.09 bits per heavy atom. The molecule has 1 fully saturated rings. The number of nitrogens with one attached hydrogen (secondary N) is 2. The second-order valence-electron chi connectivity index (χ2n) is 6.36. The number of rotatable bonds is 7. The zero-order valence-electron chi connectivity index (χ0n) is 13.8. The molecule has 0 aliphatic carbocycles. The standard InChI is InChI=1S/C17H28N2O3/c1-14-4-3-5-15(2)17(14)22-13-16(21)12-19-8-6-18(7-9-19)10-11-20/h3-5,16,20-21H,6-13H2,1-2H3/p+2/t16-/m0/s1. The van der Waals surface area contributed by atoms with Gasteiger partial charge in [-0.15, -0.1) is 0 Å². The van der Waals surface area contributed by atoms with Gasteiger partial charge in [-0.05, 0) is 25.0 Å².